The van der Waals surface area contributed by atoms with Crippen LogP contribution in [0.5, 0.6) is 0 Å². The summed E-state index contributed by atoms with van der Waals surface area (Å²) in [7, 11) is 0. The van der Waals surface area contributed by atoms with Crippen LogP contribution in [0.3, 0.4) is 0 Å². The Kier molecular flexibility index (Phi) is 6.61. The highest BCUT2D eigenvalue weighted by Crippen LogP contribution is 2.26. The SMILES string of the molecule is CC1CCCCC1OCC(O)CNCC(C)(C)C. The highest BCUT2D eigenvalue weighted by molar-refractivity contribution is 4.73. The van der Waals surface area contributed by atoms with Gasteiger partial charge in [-0.2, -0.15) is 0 Å². The van der Waals surface area contributed by atoms with Crippen molar-refractivity contribution in [2.24, 2.45) is 11.3 Å². The Labute approximate surface area is 112 Å². The Balaban J connectivity index is 2.10. The van der Waals surface area contributed by atoms with Crippen LogP contribution < -0.4 is 5.32 Å². The maximum absolute atomic E-state index is 9.88. The van der Waals surface area contributed by atoms with E-state index in [0.717, 1.165) is 13.0 Å². The lowest BCUT2D eigenvalue weighted by Crippen LogP contribution is -2.37. The third-order valence-corrected chi connectivity index (χ3v) is 3.57. The third kappa shape index (κ3) is 6.72. The topological polar surface area (TPSA) is 41.5 Å². The lowest BCUT2D eigenvalue weighted by Gasteiger charge is -2.29. The maximum atomic E-state index is 9.88. The minimum absolute atomic E-state index is 0.262. The van der Waals surface area contributed by atoms with Crippen LogP contribution in [0, 0.1) is 11.3 Å². The number of ether oxygens (including phenoxy) is 1. The molecule has 0 aromatic carbocycles. The molecule has 0 aromatic heterocycles. The predicted octanol–water partition coefficient (Wildman–Crippen LogP) is 2.58. The van der Waals surface area contributed by atoms with Crippen LogP contribution in [0.2, 0.25) is 0 Å². The Morgan fingerprint density at radius 3 is 2.56 bits per heavy atom. The standard InChI is InChI=1S/C15H31NO2/c1-12-7-5-6-8-14(12)18-10-13(17)9-16-11-15(2,3)4/h12-14,16-17H,5-11H2,1-4H3. The number of hydrogen-bond acceptors (Lipinski definition) is 3. The minimum Gasteiger partial charge on any atom is -0.389 e. The van der Waals surface area contributed by atoms with Gasteiger partial charge < -0.3 is 15.2 Å². The summed E-state index contributed by atoms with van der Waals surface area (Å²) in [4.78, 5) is 0. The van der Waals surface area contributed by atoms with Crippen molar-refractivity contribution in [2.45, 2.75) is 65.6 Å². The molecule has 3 nitrogen and oxygen atoms in total. The van der Waals surface area contributed by atoms with Crippen molar-refractivity contribution in [3.63, 3.8) is 0 Å². The van der Waals surface area contributed by atoms with Gasteiger partial charge in [-0.1, -0.05) is 40.5 Å². The molecule has 0 amide bonds. The Morgan fingerprint density at radius 2 is 1.94 bits per heavy atom. The molecule has 3 heteroatoms. The van der Waals surface area contributed by atoms with Crippen molar-refractivity contribution in [3.05, 3.63) is 0 Å². The monoisotopic (exact) mass is 257 g/mol. The van der Waals surface area contributed by atoms with Crippen molar-refractivity contribution in [2.75, 3.05) is 19.7 Å². The number of hydrogen-bond donors (Lipinski definition) is 2. The molecule has 1 rings (SSSR count). The van der Waals surface area contributed by atoms with Crippen LogP contribution in [0.15, 0.2) is 0 Å². The van der Waals surface area contributed by atoms with Crippen LogP contribution in [0.1, 0.15) is 53.4 Å². The minimum atomic E-state index is -0.388. The lowest BCUT2D eigenvalue weighted by molar-refractivity contribution is -0.0454. The third-order valence-electron chi connectivity index (χ3n) is 3.57. The van der Waals surface area contributed by atoms with E-state index in [1.165, 1.54) is 19.3 Å². The average Bonchev–Trinajstić information content (AvgIpc) is 2.26. The van der Waals surface area contributed by atoms with Crippen LogP contribution in [-0.2, 0) is 4.74 Å². The first-order valence-electron chi connectivity index (χ1n) is 7.39. The summed E-state index contributed by atoms with van der Waals surface area (Å²) >= 11 is 0. The van der Waals surface area contributed by atoms with E-state index in [1.54, 1.807) is 0 Å². The number of aliphatic hydroxyl groups excluding tert-OH is 1. The molecule has 3 unspecified atom stereocenters. The highest BCUT2D eigenvalue weighted by Gasteiger charge is 2.22. The first-order valence-corrected chi connectivity index (χ1v) is 7.39. The fourth-order valence-corrected chi connectivity index (χ4v) is 2.44. The molecule has 1 saturated carbocycles. The summed E-state index contributed by atoms with van der Waals surface area (Å²) in [5.74, 6) is 0.647. The number of nitrogens with one attached hydrogen (secondary N) is 1. The largest absolute Gasteiger partial charge is 0.389 e. The molecular weight excluding hydrogens is 226 g/mol. The molecule has 2 N–H and O–H groups in total. The van der Waals surface area contributed by atoms with Gasteiger partial charge in [0, 0.05) is 13.1 Å². The Bertz CT molecular complexity index is 225. The molecule has 0 saturated heterocycles. The average molecular weight is 257 g/mol. The highest BCUT2D eigenvalue weighted by atomic mass is 16.5. The van der Waals surface area contributed by atoms with E-state index < -0.39 is 0 Å². The van der Waals surface area contributed by atoms with E-state index in [4.69, 9.17) is 4.74 Å². The molecule has 0 aromatic rings. The van der Waals surface area contributed by atoms with Gasteiger partial charge in [0.2, 0.25) is 0 Å². The van der Waals surface area contributed by atoms with Gasteiger partial charge in [0.15, 0.2) is 0 Å². The van der Waals surface area contributed by atoms with Crippen molar-refractivity contribution in [1.29, 1.82) is 0 Å². The van der Waals surface area contributed by atoms with E-state index in [0.29, 0.717) is 25.2 Å². The van der Waals surface area contributed by atoms with Crippen molar-refractivity contribution in [1.82, 2.24) is 5.32 Å². The summed E-state index contributed by atoms with van der Waals surface area (Å²) < 4.78 is 5.85. The van der Waals surface area contributed by atoms with E-state index in [9.17, 15) is 5.11 Å². The van der Waals surface area contributed by atoms with Crippen LogP contribution >= 0.6 is 0 Å². The summed E-state index contributed by atoms with van der Waals surface area (Å²) in [5.41, 5.74) is 0.262. The summed E-state index contributed by atoms with van der Waals surface area (Å²) in [6.07, 6.45) is 4.99. The molecule has 0 aliphatic heterocycles. The van der Waals surface area contributed by atoms with Gasteiger partial charge in [-0.05, 0) is 24.2 Å². The van der Waals surface area contributed by atoms with Gasteiger partial charge in [-0.25, -0.2) is 0 Å². The molecule has 108 valence electrons. The lowest BCUT2D eigenvalue weighted by atomic mass is 9.88. The molecule has 18 heavy (non-hydrogen) atoms. The fourth-order valence-electron chi connectivity index (χ4n) is 2.44. The molecule has 0 spiro atoms. The van der Waals surface area contributed by atoms with E-state index in [1.807, 2.05) is 0 Å². The summed E-state index contributed by atoms with van der Waals surface area (Å²) in [5, 5.41) is 13.2. The van der Waals surface area contributed by atoms with Crippen LogP contribution in [-0.4, -0.2) is 37.0 Å². The van der Waals surface area contributed by atoms with E-state index in [2.05, 4.69) is 33.0 Å². The normalized spacial score (nSPS) is 27.2. The molecule has 1 aliphatic rings. The summed E-state index contributed by atoms with van der Waals surface area (Å²) in [6.45, 7) is 10.8. The quantitative estimate of drug-likeness (QED) is 0.768. The van der Waals surface area contributed by atoms with E-state index in [-0.39, 0.29) is 11.5 Å². The second-order valence-corrected chi connectivity index (χ2v) is 6.98. The first kappa shape index (κ1) is 15.9. The van der Waals surface area contributed by atoms with Crippen LogP contribution in [0.25, 0.3) is 0 Å². The zero-order valence-electron chi connectivity index (χ0n) is 12.5. The number of aliphatic hydroxyl groups is 1. The molecule has 0 heterocycles. The van der Waals surface area contributed by atoms with E-state index >= 15 is 0 Å². The summed E-state index contributed by atoms with van der Waals surface area (Å²) in [6, 6.07) is 0. The Hall–Kier alpha value is -0.120. The molecule has 0 radical (unpaired) electrons. The zero-order valence-corrected chi connectivity index (χ0v) is 12.5. The van der Waals surface area contributed by atoms with Gasteiger partial charge in [0.05, 0.1) is 18.8 Å². The maximum Gasteiger partial charge on any atom is 0.0897 e. The Morgan fingerprint density at radius 1 is 1.28 bits per heavy atom. The van der Waals surface area contributed by atoms with Crippen molar-refractivity contribution >= 4 is 0 Å². The van der Waals surface area contributed by atoms with Crippen molar-refractivity contribution < 1.29 is 9.84 Å². The van der Waals surface area contributed by atoms with Crippen LogP contribution in [0.4, 0.5) is 0 Å². The van der Waals surface area contributed by atoms with Crippen molar-refractivity contribution in [3.8, 4) is 0 Å². The second-order valence-electron chi connectivity index (χ2n) is 6.98. The molecule has 3 atom stereocenters. The van der Waals surface area contributed by atoms with Gasteiger partial charge in [-0.15, -0.1) is 0 Å². The second kappa shape index (κ2) is 7.46. The zero-order chi connectivity index (χ0) is 13.6. The number of rotatable bonds is 6. The van der Waals surface area contributed by atoms with Gasteiger partial charge >= 0.3 is 0 Å². The van der Waals surface area contributed by atoms with Gasteiger partial charge in [0.25, 0.3) is 0 Å². The fraction of sp³-hybridized carbons (Fsp3) is 1.00. The van der Waals surface area contributed by atoms with Gasteiger partial charge in [0.1, 0.15) is 0 Å². The molecular formula is C15H31NO2. The molecule has 1 fully saturated rings. The molecule has 1 aliphatic carbocycles. The first-order chi connectivity index (χ1) is 8.38. The smallest absolute Gasteiger partial charge is 0.0897 e. The van der Waals surface area contributed by atoms with Gasteiger partial charge in [-0.3, -0.25) is 0 Å². The molecule has 0 bridgehead atoms. The predicted molar refractivity (Wildman–Crippen MR) is 75.7 cm³/mol.